The summed E-state index contributed by atoms with van der Waals surface area (Å²) in [4.78, 5) is 0. The molecule has 14 heavy (non-hydrogen) atoms. The zero-order valence-electron chi connectivity index (χ0n) is 8.91. The number of nitrogens with one attached hydrogen (secondary N) is 1. The molecule has 0 radical (unpaired) electrons. The van der Waals surface area contributed by atoms with E-state index in [1.54, 1.807) is 0 Å². The maximum absolute atomic E-state index is 9.01. The van der Waals surface area contributed by atoms with Gasteiger partial charge in [-0.15, -0.1) is 0 Å². The Morgan fingerprint density at radius 1 is 1.14 bits per heavy atom. The molecule has 0 spiro atoms. The Kier molecular flexibility index (Phi) is 6.15. The summed E-state index contributed by atoms with van der Waals surface area (Å²) in [6.07, 6.45) is 7.40. The Morgan fingerprint density at radius 2 is 1.86 bits per heavy atom. The van der Waals surface area contributed by atoms with Crippen LogP contribution in [0.5, 0.6) is 0 Å². The fourth-order valence-electron chi connectivity index (χ4n) is 2.14. The Balaban J connectivity index is 2.10. The summed E-state index contributed by atoms with van der Waals surface area (Å²) in [6, 6.07) is 0.0851. The highest BCUT2D eigenvalue weighted by molar-refractivity contribution is 4.72. The second kappa shape index (κ2) is 7.21. The highest BCUT2D eigenvalue weighted by Gasteiger charge is 2.14. The van der Waals surface area contributed by atoms with E-state index in [1.807, 2.05) is 0 Å². The summed E-state index contributed by atoms with van der Waals surface area (Å²) >= 11 is 0. The van der Waals surface area contributed by atoms with Gasteiger partial charge in [0.2, 0.25) is 0 Å². The van der Waals surface area contributed by atoms with Crippen molar-refractivity contribution in [3.63, 3.8) is 0 Å². The van der Waals surface area contributed by atoms with E-state index in [-0.39, 0.29) is 19.3 Å². The van der Waals surface area contributed by atoms with Gasteiger partial charge in [0.25, 0.3) is 0 Å². The first-order valence-corrected chi connectivity index (χ1v) is 5.82. The van der Waals surface area contributed by atoms with Crippen molar-refractivity contribution < 1.29 is 10.2 Å². The Bertz CT molecular complexity index is 130. The third-order valence-corrected chi connectivity index (χ3v) is 3.12. The maximum Gasteiger partial charge on any atom is 0.0585 e. The summed E-state index contributed by atoms with van der Waals surface area (Å²) in [5.41, 5.74) is 0. The predicted octanol–water partition coefficient (Wildman–Crippen LogP) is 0.900. The van der Waals surface area contributed by atoms with Crippen LogP contribution in [0, 0.1) is 5.92 Å². The minimum absolute atomic E-state index is 0.0851. The van der Waals surface area contributed by atoms with E-state index < -0.39 is 0 Å². The molecule has 0 amide bonds. The maximum atomic E-state index is 9.01. The molecule has 0 aromatic heterocycles. The average molecular weight is 201 g/mol. The monoisotopic (exact) mass is 201 g/mol. The standard InChI is InChI=1S/C11H23NO2/c13-7-6-11(9-14)12-8-10-4-2-1-3-5-10/h10-14H,1-9H2. The molecular weight excluding hydrogens is 178 g/mol. The van der Waals surface area contributed by atoms with Crippen molar-refractivity contribution in [2.75, 3.05) is 19.8 Å². The molecule has 3 heteroatoms. The normalized spacial score (nSPS) is 21.0. The Labute approximate surface area is 86.5 Å². The van der Waals surface area contributed by atoms with Crippen molar-refractivity contribution in [1.29, 1.82) is 0 Å². The minimum Gasteiger partial charge on any atom is -0.396 e. The van der Waals surface area contributed by atoms with Gasteiger partial charge in [0.15, 0.2) is 0 Å². The van der Waals surface area contributed by atoms with E-state index in [2.05, 4.69) is 5.32 Å². The van der Waals surface area contributed by atoms with Crippen LogP contribution in [-0.2, 0) is 0 Å². The zero-order valence-corrected chi connectivity index (χ0v) is 8.91. The molecule has 0 aromatic carbocycles. The van der Waals surface area contributed by atoms with Gasteiger partial charge in [-0.1, -0.05) is 19.3 Å². The van der Waals surface area contributed by atoms with Crippen LogP contribution in [0.25, 0.3) is 0 Å². The number of hydrogen-bond acceptors (Lipinski definition) is 3. The number of aliphatic hydroxyl groups excluding tert-OH is 2. The van der Waals surface area contributed by atoms with E-state index in [9.17, 15) is 0 Å². The van der Waals surface area contributed by atoms with Gasteiger partial charge in [-0.25, -0.2) is 0 Å². The number of rotatable bonds is 6. The van der Waals surface area contributed by atoms with Gasteiger partial charge < -0.3 is 15.5 Å². The van der Waals surface area contributed by atoms with Crippen molar-refractivity contribution in [3.8, 4) is 0 Å². The topological polar surface area (TPSA) is 52.5 Å². The second-order valence-electron chi connectivity index (χ2n) is 4.30. The SMILES string of the molecule is OCCC(CO)NCC1CCCCC1. The third-order valence-electron chi connectivity index (χ3n) is 3.12. The van der Waals surface area contributed by atoms with Gasteiger partial charge in [-0.3, -0.25) is 0 Å². The molecule has 0 heterocycles. The smallest absolute Gasteiger partial charge is 0.0585 e. The molecule has 84 valence electrons. The molecule has 1 aliphatic rings. The quantitative estimate of drug-likeness (QED) is 0.598. The lowest BCUT2D eigenvalue weighted by Crippen LogP contribution is -2.37. The van der Waals surface area contributed by atoms with Gasteiger partial charge in [-0.05, 0) is 31.7 Å². The fourth-order valence-corrected chi connectivity index (χ4v) is 2.14. The second-order valence-corrected chi connectivity index (χ2v) is 4.30. The van der Waals surface area contributed by atoms with Crippen LogP contribution in [0.1, 0.15) is 38.5 Å². The fraction of sp³-hybridized carbons (Fsp3) is 1.00. The van der Waals surface area contributed by atoms with Crippen molar-refractivity contribution in [3.05, 3.63) is 0 Å². The molecule has 1 atom stereocenters. The van der Waals surface area contributed by atoms with E-state index in [1.165, 1.54) is 32.1 Å². The van der Waals surface area contributed by atoms with Crippen molar-refractivity contribution >= 4 is 0 Å². The van der Waals surface area contributed by atoms with Crippen LogP contribution in [0.2, 0.25) is 0 Å². The van der Waals surface area contributed by atoms with Crippen molar-refractivity contribution in [2.45, 2.75) is 44.6 Å². The lowest BCUT2D eigenvalue weighted by atomic mass is 9.89. The van der Waals surface area contributed by atoms with Gasteiger partial charge in [0.1, 0.15) is 0 Å². The molecule has 1 aliphatic carbocycles. The molecule has 3 N–H and O–H groups in total. The summed E-state index contributed by atoms with van der Waals surface area (Å²) in [5, 5.41) is 21.1. The number of aliphatic hydroxyl groups is 2. The average Bonchev–Trinajstić information content (AvgIpc) is 2.25. The van der Waals surface area contributed by atoms with E-state index in [0.717, 1.165) is 12.5 Å². The van der Waals surface area contributed by atoms with Crippen LogP contribution in [-0.4, -0.2) is 36.0 Å². The lowest BCUT2D eigenvalue weighted by Gasteiger charge is -2.24. The molecule has 0 aliphatic heterocycles. The molecule has 1 fully saturated rings. The van der Waals surface area contributed by atoms with E-state index in [4.69, 9.17) is 10.2 Å². The van der Waals surface area contributed by atoms with Crippen molar-refractivity contribution in [1.82, 2.24) is 5.32 Å². The number of hydrogen-bond donors (Lipinski definition) is 3. The van der Waals surface area contributed by atoms with Crippen LogP contribution in [0.4, 0.5) is 0 Å². The molecule has 0 saturated heterocycles. The lowest BCUT2D eigenvalue weighted by molar-refractivity contribution is 0.192. The Hall–Kier alpha value is -0.120. The molecule has 1 unspecified atom stereocenters. The van der Waals surface area contributed by atoms with Gasteiger partial charge in [0, 0.05) is 12.6 Å². The molecule has 1 saturated carbocycles. The van der Waals surface area contributed by atoms with Crippen LogP contribution >= 0.6 is 0 Å². The molecule has 3 nitrogen and oxygen atoms in total. The van der Waals surface area contributed by atoms with Crippen LogP contribution in [0.15, 0.2) is 0 Å². The largest absolute Gasteiger partial charge is 0.396 e. The van der Waals surface area contributed by atoms with Crippen molar-refractivity contribution in [2.24, 2.45) is 5.92 Å². The van der Waals surface area contributed by atoms with Crippen LogP contribution in [0.3, 0.4) is 0 Å². The summed E-state index contributed by atoms with van der Waals surface area (Å²) in [6.45, 7) is 1.29. The van der Waals surface area contributed by atoms with Gasteiger partial charge >= 0.3 is 0 Å². The first-order valence-electron chi connectivity index (χ1n) is 5.82. The molecular formula is C11H23NO2. The molecule has 1 rings (SSSR count). The van der Waals surface area contributed by atoms with E-state index in [0.29, 0.717) is 6.42 Å². The predicted molar refractivity (Wildman–Crippen MR) is 57.2 cm³/mol. The first kappa shape index (κ1) is 12.0. The summed E-state index contributed by atoms with van der Waals surface area (Å²) < 4.78 is 0. The molecule has 0 bridgehead atoms. The van der Waals surface area contributed by atoms with E-state index >= 15 is 0 Å². The highest BCUT2D eigenvalue weighted by atomic mass is 16.3. The van der Waals surface area contributed by atoms with Gasteiger partial charge in [0.05, 0.1) is 6.61 Å². The first-order chi connectivity index (χ1) is 6.86. The summed E-state index contributed by atoms with van der Waals surface area (Å²) in [7, 11) is 0. The Morgan fingerprint density at radius 3 is 2.43 bits per heavy atom. The van der Waals surface area contributed by atoms with Gasteiger partial charge in [-0.2, -0.15) is 0 Å². The minimum atomic E-state index is 0.0851. The highest BCUT2D eigenvalue weighted by Crippen LogP contribution is 2.22. The molecule has 0 aromatic rings. The van der Waals surface area contributed by atoms with Crippen LogP contribution < -0.4 is 5.32 Å². The zero-order chi connectivity index (χ0) is 10.2. The third kappa shape index (κ3) is 4.40. The summed E-state index contributed by atoms with van der Waals surface area (Å²) in [5.74, 6) is 0.788.